The van der Waals surface area contributed by atoms with Crippen LogP contribution >= 0.6 is 23.1 Å². The fraction of sp³-hybridized carbons (Fsp3) is 0.364. The van der Waals surface area contributed by atoms with E-state index in [1.807, 2.05) is 37.3 Å². The van der Waals surface area contributed by atoms with Crippen LogP contribution in [0.4, 0.5) is 0 Å². The number of nitrogens with zero attached hydrogens (tertiary/aromatic N) is 4. The number of thiophene rings is 1. The van der Waals surface area contributed by atoms with Gasteiger partial charge in [-0.2, -0.15) is 4.98 Å². The maximum atomic E-state index is 13.8. The zero-order valence-electron chi connectivity index (χ0n) is 16.9. The van der Waals surface area contributed by atoms with E-state index >= 15 is 0 Å². The van der Waals surface area contributed by atoms with E-state index in [2.05, 4.69) is 10.1 Å². The molecule has 1 unspecified atom stereocenters. The molecule has 0 radical (unpaired) electrons. The smallest absolute Gasteiger partial charge is 0.267 e. The van der Waals surface area contributed by atoms with Crippen LogP contribution in [0.25, 0.3) is 15.9 Å². The molecule has 0 amide bonds. The lowest BCUT2D eigenvalue weighted by molar-refractivity contribution is 0.376. The minimum Gasteiger partial charge on any atom is -0.338 e. The van der Waals surface area contributed by atoms with Crippen LogP contribution in [0.2, 0.25) is 0 Å². The number of hydrogen-bond acceptors (Lipinski definition) is 7. The predicted molar refractivity (Wildman–Crippen MR) is 120 cm³/mol. The first kappa shape index (κ1) is 19.5. The Morgan fingerprint density at radius 1 is 1.13 bits per heavy atom. The van der Waals surface area contributed by atoms with Gasteiger partial charge < -0.3 is 4.52 Å². The molecule has 1 aliphatic rings. The first-order valence-corrected chi connectivity index (χ1v) is 11.9. The molecule has 3 aromatic heterocycles. The molecule has 0 bridgehead atoms. The molecule has 1 aliphatic carbocycles. The first-order chi connectivity index (χ1) is 14.6. The van der Waals surface area contributed by atoms with Crippen molar-refractivity contribution in [1.82, 2.24) is 19.7 Å². The zero-order chi connectivity index (χ0) is 20.7. The van der Waals surface area contributed by atoms with Crippen LogP contribution in [0, 0.1) is 6.92 Å². The Bertz CT molecular complexity index is 1260. The van der Waals surface area contributed by atoms with E-state index in [4.69, 9.17) is 9.51 Å². The van der Waals surface area contributed by atoms with E-state index < -0.39 is 0 Å². The minimum atomic E-state index is -0.122. The fourth-order valence-corrected chi connectivity index (χ4v) is 6.19. The lowest BCUT2D eigenvalue weighted by Gasteiger charge is -2.14. The molecule has 0 fully saturated rings. The van der Waals surface area contributed by atoms with Gasteiger partial charge in [0.15, 0.2) is 11.0 Å². The standard InChI is InChI=1S/C22H22N4O2S2/c1-13(19-23-14(2)25-28-19)29-22-24-20-18(16-11-7-4-8-12-17(16)30-20)21(27)26(22)15-9-5-3-6-10-15/h3,5-6,9-10,13H,4,7-8,11-12H2,1-2H3. The number of benzene rings is 1. The van der Waals surface area contributed by atoms with Crippen LogP contribution in [-0.4, -0.2) is 19.7 Å². The number of thioether (sulfide) groups is 1. The van der Waals surface area contributed by atoms with Gasteiger partial charge in [-0.3, -0.25) is 9.36 Å². The second kappa shape index (κ2) is 8.00. The lowest BCUT2D eigenvalue weighted by Crippen LogP contribution is -2.22. The van der Waals surface area contributed by atoms with Crippen LogP contribution < -0.4 is 5.56 Å². The molecule has 6 nitrogen and oxygen atoms in total. The molecule has 30 heavy (non-hydrogen) atoms. The quantitative estimate of drug-likeness (QED) is 0.246. The normalized spacial score (nSPS) is 15.1. The van der Waals surface area contributed by atoms with Gasteiger partial charge in [0.25, 0.3) is 5.56 Å². The summed E-state index contributed by atoms with van der Waals surface area (Å²) < 4.78 is 7.09. The van der Waals surface area contributed by atoms with E-state index in [1.54, 1.807) is 22.8 Å². The van der Waals surface area contributed by atoms with Crippen molar-refractivity contribution >= 4 is 33.3 Å². The van der Waals surface area contributed by atoms with E-state index in [1.165, 1.54) is 35.0 Å². The number of fused-ring (bicyclic) bond motifs is 3. The number of aryl methyl sites for hydroxylation is 3. The first-order valence-electron chi connectivity index (χ1n) is 10.2. The predicted octanol–water partition coefficient (Wildman–Crippen LogP) is 5.26. The van der Waals surface area contributed by atoms with Gasteiger partial charge in [-0.15, -0.1) is 11.3 Å². The third-order valence-corrected chi connectivity index (χ3v) is 7.62. The van der Waals surface area contributed by atoms with Crippen molar-refractivity contribution in [2.75, 3.05) is 0 Å². The Morgan fingerprint density at radius 3 is 2.70 bits per heavy atom. The minimum absolute atomic E-state index is 0.0157. The van der Waals surface area contributed by atoms with Gasteiger partial charge in [0, 0.05) is 4.88 Å². The molecule has 8 heteroatoms. The zero-order valence-corrected chi connectivity index (χ0v) is 18.6. The maximum Gasteiger partial charge on any atom is 0.267 e. The Balaban J connectivity index is 1.69. The topological polar surface area (TPSA) is 73.8 Å². The van der Waals surface area contributed by atoms with Crippen molar-refractivity contribution in [3.63, 3.8) is 0 Å². The maximum absolute atomic E-state index is 13.8. The Labute approximate surface area is 182 Å². The highest BCUT2D eigenvalue weighted by atomic mass is 32.2. The molecule has 0 spiro atoms. The Hall–Kier alpha value is -2.45. The highest BCUT2D eigenvalue weighted by Gasteiger charge is 2.24. The van der Waals surface area contributed by atoms with E-state index in [0.29, 0.717) is 16.9 Å². The molecule has 4 aromatic rings. The van der Waals surface area contributed by atoms with Crippen LogP contribution in [0.15, 0.2) is 44.8 Å². The summed E-state index contributed by atoms with van der Waals surface area (Å²) in [4.78, 5) is 25.3. The summed E-state index contributed by atoms with van der Waals surface area (Å²) in [6.45, 7) is 3.79. The molecule has 5 rings (SSSR count). The Morgan fingerprint density at radius 2 is 1.93 bits per heavy atom. The third kappa shape index (κ3) is 3.48. The highest BCUT2D eigenvalue weighted by Crippen LogP contribution is 2.37. The van der Waals surface area contributed by atoms with Gasteiger partial charge in [-0.1, -0.05) is 41.5 Å². The number of para-hydroxylation sites is 1. The number of hydrogen-bond donors (Lipinski definition) is 0. The Kier molecular flexibility index (Phi) is 5.20. The summed E-state index contributed by atoms with van der Waals surface area (Å²) in [5, 5.41) is 5.22. The molecule has 1 aromatic carbocycles. The van der Waals surface area contributed by atoms with Gasteiger partial charge in [-0.25, -0.2) is 4.98 Å². The average Bonchev–Trinajstić information content (AvgIpc) is 3.25. The summed E-state index contributed by atoms with van der Waals surface area (Å²) in [5.74, 6) is 1.14. The molecule has 0 saturated carbocycles. The third-order valence-electron chi connectivity index (χ3n) is 5.40. The molecule has 0 saturated heterocycles. The molecule has 0 aliphatic heterocycles. The summed E-state index contributed by atoms with van der Waals surface area (Å²) in [5.41, 5.74) is 2.05. The van der Waals surface area contributed by atoms with Crippen LogP contribution in [-0.2, 0) is 12.8 Å². The molecular formula is C22H22N4O2S2. The van der Waals surface area contributed by atoms with Crippen molar-refractivity contribution in [2.45, 2.75) is 56.4 Å². The number of rotatable bonds is 4. The van der Waals surface area contributed by atoms with Gasteiger partial charge in [-0.05, 0) is 57.2 Å². The van der Waals surface area contributed by atoms with E-state index in [0.717, 1.165) is 35.2 Å². The summed E-state index contributed by atoms with van der Waals surface area (Å²) >= 11 is 3.16. The molecule has 154 valence electrons. The SMILES string of the molecule is Cc1noc(C(C)Sc2nc3sc4c(c3c(=O)n2-c2ccccc2)CCCCC4)n1. The summed E-state index contributed by atoms with van der Waals surface area (Å²) in [6.07, 6.45) is 5.54. The number of aromatic nitrogens is 4. The lowest BCUT2D eigenvalue weighted by atomic mass is 10.1. The largest absolute Gasteiger partial charge is 0.338 e. The fourth-order valence-electron chi connectivity index (χ4n) is 3.93. The van der Waals surface area contributed by atoms with Crippen molar-refractivity contribution in [3.05, 3.63) is 62.8 Å². The van der Waals surface area contributed by atoms with Gasteiger partial charge in [0.05, 0.1) is 16.3 Å². The van der Waals surface area contributed by atoms with Crippen LogP contribution in [0.1, 0.15) is 53.6 Å². The molecule has 0 N–H and O–H groups in total. The second-order valence-corrected chi connectivity index (χ2v) is 9.95. The van der Waals surface area contributed by atoms with E-state index in [-0.39, 0.29) is 10.8 Å². The van der Waals surface area contributed by atoms with Crippen molar-refractivity contribution in [3.8, 4) is 5.69 Å². The summed E-state index contributed by atoms with van der Waals surface area (Å²) in [7, 11) is 0. The average molecular weight is 439 g/mol. The van der Waals surface area contributed by atoms with Crippen molar-refractivity contribution in [2.24, 2.45) is 0 Å². The van der Waals surface area contributed by atoms with Gasteiger partial charge in [0.1, 0.15) is 4.83 Å². The highest BCUT2D eigenvalue weighted by molar-refractivity contribution is 7.99. The van der Waals surface area contributed by atoms with Crippen LogP contribution in [0.5, 0.6) is 0 Å². The molecule has 1 atom stereocenters. The molecular weight excluding hydrogens is 416 g/mol. The summed E-state index contributed by atoms with van der Waals surface area (Å²) in [6, 6.07) is 9.74. The molecule has 3 heterocycles. The van der Waals surface area contributed by atoms with Crippen molar-refractivity contribution in [1.29, 1.82) is 0 Å². The monoisotopic (exact) mass is 438 g/mol. The van der Waals surface area contributed by atoms with Gasteiger partial charge >= 0.3 is 0 Å². The van der Waals surface area contributed by atoms with E-state index in [9.17, 15) is 4.79 Å². The van der Waals surface area contributed by atoms with Gasteiger partial charge in [0.2, 0.25) is 5.89 Å². The van der Waals surface area contributed by atoms with Crippen LogP contribution in [0.3, 0.4) is 0 Å². The van der Waals surface area contributed by atoms with Crippen molar-refractivity contribution < 1.29 is 4.52 Å². The second-order valence-electron chi connectivity index (χ2n) is 7.56.